The minimum atomic E-state index is -0.450. The van der Waals surface area contributed by atoms with Crippen molar-refractivity contribution in [1.82, 2.24) is 4.98 Å². The number of rotatable bonds is 5. The number of non-ortho nitro benzene ring substituents is 1. The van der Waals surface area contributed by atoms with Crippen molar-refractivity contribution in [1.29, 1.82) is 0 Å². The van der Waals surface area contributed by atoms with E-state index < -0.39 is 4.92 Å². The third-order valence-electron chi connectivity index (χ3n) is 3.15. The summed E-state index contributed by atoms with van der Waals surface area (Å²) in [5, 5.41) is 14.1. The molecule has 1 aromatic heterocycles. The lowest BCUT2D eigenvalue weighted by molar-refractivity contribution is -0.383. The topological polar surface area (TPSA) is 81.2 Å². The molecule has 0 aliphatic rings. The molecule has 2 aromatic rings. The van der Waals surface area contributed by atoms with Gasteiger partial charge < -0.3 is 9.73 Å². The first-order valence-corrected chi connectivity index (χ1v) is 6.33. The number of nitrogens with zero attached hydrogens (tertiary/aromatic N) is 2. The molecule has 0 aliphatic carbocycles. The van der Waals surface area contributed by atoms with Gasteiger partial charge in [-0.1, -0.05) is 26.8 Å². The van der Waals surface area contributed by atoms with Gasteiger partial charge in [-0.15, -0.1) is 0 Å². The Kier molecular flexibility index (Phi) is 3.69. The number of nitro benzene ring substituents is 1. The summed E-state index contributed by atoms with van der Waals surface area (Å²) in [6.45, 7) is 6.28. The van der Waals surface area contributed by atoms with Gasteiger partial charge in [0.15, 0.2) is 11.1 Å². The van der Waals surface area contributed by atoms with Crippen LogP contribution in [0.25, 0.3) is 11.1 Å². The molecule has 2 rings (SSSR count). The van der Waals surface area contributed by atoms with Crippen molar-refractivity contribution in [3.8, 4) is 0 Å². The Hall–Kier alpha value is -2.11. The van der Waals surface area contributed by atoms with Crippen LogP contribution < -0.4 is 5.32 Å². The monoisotopic (exact) mass is 263 g/mol. The molecule has 1 N–H and O–H groups in total. The summed E-state index contributed by atoms with van der Waals surface area (Å²) < 4.78 is 5.51. The molecule has 0 radical (unpaired) electrons. The molecular weight excluding hydrogens is 246 g/mol. The van der Waals surface area contributed by atoms with Crippen LogP contribution in [0.2, 0.25) is 0 Å². The van der Waals surface area contributed by atoms with Gasteiger partial charge in [0.05, 0.1) is 4.92 Å². The average molecular weight is 263 g/mol. The maximum Gasteiger partial charge on any atom is 0.298 e. The van der Waals surface area contributed by atoms with E-state index in [1.165, 1.54) is 6.07 Å². The second kappa shape index (κ2) is 5.26. The van der Waals surface area contributed by atoms with Crippen LogP contribution in [-0.4, -0.2) is 15.9 Å². The molecule has 0 amide bonds. The molecular formula is C13H17N3O3. The van der Waals surface area contributed by atoms with E-state index in [-0.39, 0.29) is 17.2 Å². The Bertz CT molecular complexity index is 592. The summed E-state index contributed by atoms with van der Waals surface area (Å²) in [6, 6.07) is 5.26. The van der Waals surface area contributed by atoms with E-state index in [1.54, 1.807) is 12.1 Å². The predicted octanol–water partition coefficient (Wildman–Crippen LogP) is 3.58. The zero-order chi connectivity index (χ0) is 14.0. The van der Waals surface area contributed by atoms with Crippen LogP contribution in [0, 0.1) is 16.0 Å². The van der Waals surface area contributed by atoms with Gasteiger partial charge in [-0.3, -0.25) is 10.1 Å². The molecule has 0 saturated carbocycles. The standard InChI is InChI=1S/C13H17N3O3/c1-4-9(8(2)3)14-13-15-12-10(16(17)18)6-5-7-11(12)19-13/h5-9H,4H2,1-3H3,(H,14,15). The highest BCUT2D eigenvalue weighted by molar-refractivity contribution is 5.84. The Morgan fingerprint density at radius 3 is 2.79 bits per heavy atom. The molecule has 0 bridgehead atoms. The Morgan fingerprint density at radius 1 is 1.47 bits per heavy atom. The normalized spacial score (nSPS) is 12.8. The molecule has 102 valence electrons. The predicted molar refractivity (Wildman–Crippen MR) is 73.2 cm³/mol. The van der Waals surface area contributed by atoms with Gasteiger partial charge in [0, 0.05) is 12.1 Å². The highest BCUT2D eigenvalue weighted by Crippen LogP contribution is 2.28. The molecule has 1 atom stereocenters. The van der Waals surface area contributed by atoms with Crippen LogP contribution in [0.3, 0.4) is 0 Å². The fourth-order valence-electron chi connectivity index (χ4n) is 2.04. The van der Waals surface area contributed by atoms with E-state index in [0.29, 0.717) is 17.5 Å². The molecule has 0 spiro atoms. The van der Waals surface area contributed by atoms with Crippen molar-refractivity contribution in [2.45, 2.75) is 33.2 Å². The maximum absolute atomic E-state index is 10.9. The van der Waals surface area contributed by atoms with Crippen LogP contribution in [0.15, 0.2) is 22.6 Å². The van der Waals surface area contributed by atoms with Gasteiger partial charge >= 0.3 is 0 Å². The zero-order valence-electron chi connectivity index (χ0n) is 11.2. The average Bonchev–Trinajstić information content (AvgIpc) is 2.77. The summed E-state index contributed by atoms with van der Waals surface area (Å²) in [5.41, 5.74) is 0.677. The van der Waals surface area contributed by atoms with Gasteiger partial charge in [0.2, 0.25) is 0 Å². The maximum atomic E-state index is 10.9. The molecule has 1 aromatic carbocycles. The first-order chi connectivity index (χ1) is 9.02. The number of anilines is 1. The number of nitro groups is 1. The minimum absolute atomic E-state index is 0.0353. The Morgan fingerprint density at radius 2 is 2.21 bits per heavy atom. The van der Waals surface area contributed by atoms with E-state index in [2.05, 4.69) is 31.1 Å². The molecule has 1 heterocycles. The van der Waals surface area contributed by atoms with Crippen molar-refractivity contribution in [3.63, 3.8) is 0 Å². The lowest BCUT2D eigenvalue weighted by Gasteiger charge is -2.18. The Labute approximate surface area is 111 Å². The summed E-state index contributed by atoms with van der Waals surface area (Å²) in [4.78, 5) is 14.6. The number of hydrogen-bond acceptors (Lipinski definition) is 5. The second-order valence-corrected chi connectivity index (χ2v) is 4.80. The molecule has 19 heavy (non-hydrogen) atoms. The van der Waals surface area contributed by atoms with Crippen molar-refractivity contribution < 1.29 is 9.34 Å². The molecule has 6 nitrogen and oxygen atoms in total. The summed E-state index contributed by atoms with van der Waals surface area (Å²) >= 11 is 0. The van der Waals surface area contributed by atoms with Gasteiger partial charge in [0.25, 0.3) is 11.7 Å². The first kappa shape index (κ1) is 13.3. The van der Waals surface area contributed by atoms with Crippen LogP contribution in [0.1, 0.15) is 27.2 Å². The van der Waals surface area contributed by atoms with Crippen molar-refractivity contribution >= 4 is 22.8 Å². The van der Waals surface area contributed by atoms with Crippen molar-refractivity contribution in [2.75, 3.05) is 5.32 Å². The Balaban J connectivity index is 2.36. The highest BCUT2D eigenvalue weighted by Gasteiger charge is 2.19. The van der Waals surface area contributed by atoms with Crippen LogP contribution in [-0.2, 0) is 0 Å². The van der Waals surface area contributed by atoms with E-state index in [0.717, 1.165) is 6.42 Å². The van der Waals surface area contributed by atoms with Gasteiger partial charge in [-0.2, -0.15) is 4.98 Å². The molecule has 0 aliphatic heterocycles. The van der Waals surface area contributed by atoms with Crippen LogP contribution in [0.5, 0.6) is 0 Å². The number of nitrogens with one attached hydrogen (secondary N) is 1. The first-order valence-electron chi connectivity index (χ1n) is 6.33. The van der Waals surface area contributed by atoms with Gasteiger partial charge in [-0.05, 0) is 18.4 Å². The van der Waals surface area contributed by atoms with E-state index in [4.69, 9.17) is 4.42 Å². The second-order valence-electron chi connectivity index (χ2n) is 4.80. The van der Waals surface area contributed by atoms with Crippen LogP contribution in [0.4, 0.5) is 11.7 Å². The lowest BCUT2D eigenvalue weighted by Crippen LogP contribution is -2.24. The fraction of sp³-hybridized carbons (Fsp3) is 0.462. The third-order valence-corrected chi connectivity index (χ3v) is 3.15. The van der Waals surface area contributed by atoms with E-state index in [9.17, 15) is 10.1 Å². The number of hydrogen-bond donors (Lipinski definition) is 1. The van der Waals surface area contributed by atoms with E-state index in [1.807, 2.05) is 0 Å². The number of fused-ring (bicyclic) bond motifs is 1. The molecule has 1 unspecified atom stereocenters. The summed E-state index contributed by atoms with van der Waals surface area (Å²) in [5.74, 6) is 0.426. The van der Waals surface area contributed by atoms with Crippen LogP contribution >= 0.6 is 0 Å². The largest absolute Gasteiger partial charge is 0.423 e. The van der Waals surface area contributed by atoms with Gasteiger partial charge in [-0.25, -0.2) is 0 Å². The molecule has 0 saturated heterocycles. The van der Waals surface area contributed by atoms with E-state index >= 15 is 0 Å². The fourth-order valence-corrected chi connectivity index (χ4v) is 2.04. The SMILES string of the molecule is CCC(Nc1nc2c([N+](=O)[O-])cccc2o1)C(C)C. The van der Waals surface area contributed by atoms with Gasteiger partial charge in [0.1, 0.15) is 0 Å². The summed E-state index contributed by atoms with van der Waals surface area (Å²) in [7, 11) is 0. The number of benzene rings is 1. The number of aromatic nitrogens is 1. The quantitative estimate of drug-likeness (QED) is 0.658. The van der Waals surface area contributed by atoms with Crippen molar-refractivity contribution in [3.05, 3.63) is 28.3 Å². The number of oxazole rings is 1. The lowest BCUT2D eigenvalue weighted by atomic mass is 10.0. The van der Waals surface area contributed by atoms with Crippen molar-refractivity contribution in [2.24, 2.45) is 5.92 Å². The molecule has 0 fully saturated rings. The highest BCUT2D eigenvalue weighted by atomic mass is 16.6. The smallest absolute Gasteiger partial charge is 0.298 e. The molecule has 6 heteroatoms. The summed E-state index contributed by atoms with van der Waals surface area (Å²) in [6.07, 6.45) is 0.929. The number of para-hydroxylation sites is 1. The zero-order valence-corrected chi connectivity index (χ0v) is 11.2. The minimum Gasteiger partial charge on any atom is -0.423 e. The third kappa shape index (κ3) is 2.67.